The molecular formula is C16H28N2O2. The van der Waals surface area contributed by atoms with E-state index >= 15 is 0 Å². The van der Waals surface area contributed by atoms with Gasteiger partial charge in [0.1, 0.15) is 0 Å². The van der Waals surface area contributed by atoms with E-state index in [0.29, 0.717) is 12.0 Å². The van der Waals surface area contributed by atoms with Crippen LogP contribution in [0.15, 0.2) is 18.2 Å². The van der Waals surface area contributed by atoms with Crippen LogP contribution in [0.2, 0.25) is 0 Å². The molecule has 0 aromatic heterocycles. The minimum absolute atomic E-state index is 0.426. The predicted octanol–water partition coefficient (Wildman–Crippen LogP) is 2.52. The Morgan fingerprint density at radius 3 is 2.45 bits per heavy atom. The molecule has 0 bridgehead atoms. The quantitative estimate of drug-likeness (QED) is 0.730. The van der Waals surface area contributed by atoms with Crippen LogP contribution in [0.1, 0.15) is 38.2 Å². The van der Waals surface area contributed by atoms with Crippen molar-refractivity contribution < 1.29 is 9.47 Å². The normalized spacial score (nSPS) is 13.8. The Kier molecular flexibility index (Phi) is 7.41. The van der Waals surface area contributed by atoms with Gasteiger partial charge in [0, 0.05) is 12.6 Å². The standard InChI is InChI=1S/C16H28N2O2/c1-12(11-18-13(2)6-5-9-17)14-7-8-15(19-3)16(10-14)20-4/h7-8,10,12-13,18H,5-6,9,11,17H2,1-4H3. The van der Waals surface area contributed by atoms with Gasteiger partial charge >= 0.3 is 0 Å². The van der Waals surface area contributed by atoms with Crippen molar-refractivity contribution in [1.29, 1.82) is 0 Å². The average Bonchev–Trinajstić information content (AvgIpc) is 2.49. The molecule has 20 heavy (non-hydrogen) atoms. The minimum atomic E-state index is 0.426. The van der Waals surface area contributed by atoms with Gasteiger partial charge in [-0.05, 0) is 49.9 Å². The SMILES string of the molecule is COc1ccc(C(C)CNC(C)CCCN)cc1OC. The van der Waals surface area contributed by atoms with Gasteiger partial charge in [0.05, 0.1) is 14.2 Å². The van der Waals surface area contributed by atoms with Crippen molar-refractivity contribution in [1.82, 2.24) is 5.32 Å². The summed E-state index contributed by atoms with van der Waals surface area (Å²) in [4.78, 5) is 0. The maximum atomic E-state index is 5.53. The molecule has 0 heterocycles. The smallest absolute Gasteiger partial charge is 0.160 e. The van der Waals surface area contributed by atoms with Crippen LogP contribution in [-0.4, -0.2) is 33.4 Å². The second kappa shape index (κ2) is 8.82. The first kappa shape index (κ1) is 16.8. The Morgan fingerprint density at radius 1 is 1.15 bits per heavy atom. The number of methoxy groups -OCH3 is 2. The molecule has 1 aromatic rings. The molecule has 0 aliphatic rings. The summed E-state index contributed by atoms with van der Waals surface area (Å²) in [5.74, 6) is 1.98. The van der Waals surface area contributed by atoms with Crippen LogP contribution in [0.25, 0.3) is 0 Å². The van der Waals surface area contributed by atoms with Crippen molar-refractivity contribution in [2.75, 3.05) is 27.3 Å². The molecule has 2 atom stereocenters. The van der Waals surface area contributed by atoms with Gasteiger partial charge in [0.15, 0.2) is 11.5 Å². The fourth-order valence-corrected chi connectivity index (χ4v) is 2.18. The van der Waals surface area contributed by atoms with E-state index in [-0.39, 0.29) is 0 Å². The second-order valence-electron chi connectivity index (χ2n) is 5.26. The fraction of sp³-hybridized carbons (Fsp3) is 0.625. The summed E-state index contributed by atoms with van der Waals surface area (Å²) >= 11 is 0. The molecule has 0 radical (unpaired) electrons. The Balaban J connectivity index is 2.56. The highest BCUT2D eigenvalue weighted by Crippen LogP contribution is 2.30. The highest BCUT2D eigenvalue weighted by molar-refractivity contribution is 5.43. The zero-order valence-corrected chi connectivity index (χ0v) is 13.1. The maximum absolute atomic E-state index is 5.53. The second-order valence-corrected chi connectivity index (χ2v) is 5.26. The van der Waals surface area contributed by atoms with Gasteiger partial charge in [0.2, 0.25) is 0 Å². The van der Waals surface area contributed by atoms with Gasteiger partial charge in [-0.3, -0.25) is 0 Å². The summed E-state index contributed by atoms with van der Waals surface area (Å²) in [7, 11) is 3.32. The summed E-state index contributed by atoms with van der Waals surface area (Å²) in [5.41, 5.74) is 6.78. The zero-order valence-electron chi connectivity index (χ0n) is 13.1. The Morgan fingerprint density at radius 2 is 1.85 bits per heavy atom. The lowest BCUT2D eigenvalue weighted by Gasteiger charge is -2.19. The molecule has 0 saturated carbocycles. The first-order valence-corrected chi connectivity index (χ1v) is 7.27. The monoisotopic (exact) mass is 280 g/mol. The van der Waals surface area contributed by atoms with Crippen molar-refractivity contribution in [3.05, 3.63) is 23.8 Å². The first-order chi connectivity index (χ1) is 9.62. The molecular weight excluding hydrogens is 252 g/mol. The molecule has 0 spiro atoms. The van der Waals surface area contributed by atoms with E-state index in [0.717, 1.165) is 37.4 Å². The fourth-order valence-electron chi connectivity index (χ4n) is 2.18. The van der Waals surface area contributed by atoms with E-state index in [4.69, 9.17) is 15.2 Å². The summed E-state index contributed by atoms with van der Waals surface area (Å²) in [6.07, 6.45) is 2.19. The number of ether oxygens (including phenoxy) is 2. The van der Waals surface area contributed by atoms with Crippen molar-refractivity contribution >= 4 is 0 Å². The van der Waals surface area contributed by atoms with Crippen LogP contribution in [0.5, 0.6) is 11.5 Å². The van der Waals surface area contributed by atoms with E-state index in [1.807, 2.05) is 6.07 Å². The molecule has 0 aliphatic heterocycles. The van der Waals surface area contributed by atoms with Crippen molar-refractivity contribution in [2.45, 2.75) is 38.6 Å². The largest absolute Gasteiger partial charge is 0.493 e. The highest BCUT2D eigenvalue weighted by atomic mass is 16.5. The summed E-state index contributed by atoms with van der Waals surface area (Å²) in [5, 5.41) is 3.55. The van der Waals surface area contributed by atoms with Gasteiger partial charge < -0.3 is 20.5 Å². The van der Waals surface area contributed by atoms with Crippen molar-refractivity contribution in [3.8, 4) is 11.5 Å². The number of hydrogen-bond acceptors (Lipinski definition) is 4. The van der Waals surface area contributed by atoms with Gasteiger partial charge in [-0.2, -0.15) is 0 Å². The molecule has 0 aliphatic carbocycles. The van der Waals surface area contributed by atoms with Gasteiger partial charge in [-0.1, -0.05) is 13.0 Å². The van der Waals surface area contributed by atoms with E-state index in [9.17, 15) is 0 Å². The molecule has 0 amide bonds. The molecule has 114 valence electrons. The molecule has 4 nitrogen and oxygen atoms in total. The minimum Gasteiger partial charge on any atom is -0.493 e. The third-order valence-electron chi connectivity index (χ3n) is 3.59. The molecule has 4 heteroatoms. The van der Waals surface area contributed by atoms with Crippen LogP contribution >= 0.6 is 0 Å². The van der Waals surface area contributed by atoms with Crippen LogP contribution < -0.4 is 20.5 Å². The van der Waals surface area contributed by atoms with Crippen LogP contribution in [0, 0.1) is 0 Å². The lowest BCUT2D eigenvalue weighted by atomic mass is 10.00. The predicted molar refractivity (Wildman–Crippen MR) is 83.7 cm³/mol. The highest BCUT2D eigenvalue weighted by Gasteiger charge is 2.11. The Labute approximate surface area is 122 Å². The molecule has 0 saturated heterocycles. The third kappa shape index (κ3) is 5.02. The summed E-state index contributed by atoms with van der Waals surface area (Å²) < 4.78 is 10.6. The molecule has 3 N–H and O–H groups in total. The van der Waals surface area contributed by atoms with Crippen LogP contribution in [0.4, 0.5) is 0 Å². The van der Waals surface area contributed by atoms with Crippen molar-refractivity contribution in [3.63, 3.8) is 0 Å². The van der Waals surface area contributed by atoms with Gasteiger partial charge in [-0.25, -0.2) is 0 Å². The molecule has 2 unspecified atom stereocenters. The number of benzene rings is 1. The van der Waals surface area contributed by atoms with E-state index in [1.54, 1.807) is 14.2 Å². The zero-order chi connectivity index (χ0) is 15.0. The van der Waals surface area contributed by atoms with Crippen molar-refractivity contribution in [2.24, 2.45) is 5.73 Å². The molecule has 0 fully saturated rings. The summed E-state index contributed by atoms with van der Waals surface area (Å²) in [6, 6.07) is 6.61. The number of hydrogen-bond donors (Lipinski definition) is 2. The molecule has 1 aromatic carbocycles. The van der Waals surface area contributed by atoms with Crippen LogP contribution in [-0.2, 0) is 0 Å². The Hall–Kier alpha value is -1.26. The van der Waals surface area contributed by atoms with Gasteiger partial charge in [-0.15, -0.1) is 0 Å². The maximum Gasteiger partial charge on any atom is 0.160 e. The number of nitrogens with one attached hydrogen (secondary N) is 1. The first-order valence-electron chi connectivity index (χ1n) is 7.27. The average molecular weight is 280 g/mol. The lowest BCUT2D eigenvalue weighted by Crippen LogP contribution is -2.30. The number of nitrogens with two attached hydrogens (primary N) is 1. The van der Waals surface area contributed by atoms with Gasteiger partial charge in [0.25, 0.3) is 0 Å². The summed E-state index contributed by atoms with van der Waals surface area (Å²) in [6.45, 7) is 6.12. The van der Waals surface area contributed by atoms with Crippen LogP contribution in [0.3, 0.4) is 0 Å². The van der Waals surface area contributed by atoms with E-state index in [1.165, 1.54) is 5.56 Å². The lowest BCUT2D eigenvalue weighted by molar-refractivity contribution is 0.354. The molecule has 1 rings (SSSR count). The Bertz CT molecular complexity index is 396. The topological polar surface area (TPSA) is 56.5 Å². The third-order valence-corrected chi connectivity index (χ3v) is 3.59. The van der Waals surface area contributed by atoms with E-state index in [2.05, 4.69) is 31.3 Å². The van der Waals surface area contributed by atoms with E-state index < -0.39 is 0 Å². The number of rotatable bonds is 9.